The minimum Gasteiger partial charge on any atom is -0.344 e. The van der Waals surface area contributed by atoms with Crippen LogP contribution in [0.25, 0.3) is 38.6 Å². The van der Waals surface area contributed by atoms with Gasteiger partial charge in [-0.2, -0.15) is 19.0 Å². The largest absolute Gasteiger partial charge is 0.344 e. The Bertz CT molecular complexity index is 3300. The number of fused-ring (bicyclic) bond motifs is 5. The molecule has 3 heterocycles. The van der Waals surface area contributed by atoms with E-state index in [0.717, 1.165) is 29.0 Å². The van der Waals surface area contributed by atoms with Gasteiger partial charge in [-0.15, -0.1) is 0 Å². The van der Waals surface area contributed by atoms with E-state index in [1.54, 1.807) is 0 Å². The second-order valence-corrected chi connectivity index (χ2v) is 17.9. The highest BCUT2D eigenvalue weighted by molar-refractivity contribution is 7.92. The van der Waals surface area contributed by atoms with Gasteiger partial charge in [0.25, 0.3) is 24.3 Å². The van der Waals surface area contributed by atoms with Gasteiger partial charge >= 0.3 is 0 Å². The van der Waals surface area contributed by atoms with Crippen molar-refractivity contribution in [3.63, 3.8) is 0 Å². The molecule has 65 heavy (non-hydrogen) atoms. The lowest BCUT2D eigenvalue weighted by atomic mass is 10.00. The number of benzene rings is 4. The number of carbonyl (C=O) groups excluding carboxylic acids is 1. The van der Waals surface area contributed by atoms with Gasteiger partial charge in [0.1, 0.15) is 41.2 Å². The maximum absolute atomic E-state index is 15.5. The fourth-order valence-electron chi connectivity index (χ4n) is 8.69. The van der Waals surface area contributed by atoms with Gasteiger partial charge < -0.3 is 5.32 Å². The molecular weight excluding hydrogens is 919 g/mol. The molecule has 23 heteroatoms. The van der Waals surface area contributed by atoms with Crippen molar-refractivity contribution in [2.45, 2.75) is 50.1 Å². The van der Waals surface area contributed by atoms with Crippen LogP contribution < -0.4 is 15.6 Å². The molecule has 3 atom stereocenters. The molecule has 1 saturated carbocycles. The Labute approximate surface area is 365 Å². The lowest BCUT2D eigenvalue weighted by Gasteiger charge is -2.24. The Kier molecular flexibility index (Phi) is 10.5. The van der Waals surface area contributed by atoms with Crippen LogP contribution in [0.1, 0.15) is 65.1 Å². The average molecular weight is 949 g/mol. The van der Waals surface area contributed by atoms with Gasteiger partial charge in [-0.25, -0.2) is 44.1 Å². The van der Waals surface area contributed by atoms with Crippen LogP contribution in [0.3, 0.4) is 0 Å². The zero-order valence-corrected chi connectivity index (χ0v) is 34.9. The van der Waals surface area contributed by atoms with E-state index in [0.29, 0.717) is 10.7 Å². The van der Waals surface area contributed by atoms with Crippen molar-refractivity contribution >= 4 is 55.2 Å². The van der Waals surface area contributed by atoms with E-state index in [1.807, 2.05) is 0 Å². The minimum absolute atomic E-state index is 0.00459. The van der Waals surface area contributed by atoms with E-state index in [2.05, 4.69) is 20.2 Å². The number of hydrogen-bond donors (Lipinski definition) is 2. The highest BCUT2D eigenvalue weighted by Crippen LogP contribution is 2.68. The van der Waals surface area contributed by atoms with Gasteiger partial charge in [0.15, 0.2) is 5.82 Å². The van der Waals surface area contributed by atoms with E-state index in [4.69, 9.17) is 16.6 Å². The minimum atomic E-state index is -3.98. The number of anilines is 1. The number of sulfonamides is 1. The molecule has 0 saturated heterocycles. The molecule has 338 valence electrons. The second-order valence-electron chi connectivity index (χ2n) is 15.8. The summed E-state index contributed by atoms with van der Waals surface area (Å²) in [5.41, 5.74) is -4.74. The van der Waals surface area contributed by atoms with E-state index in [1.165, 1.54) is 54.2 Å². The number of nitrogens with one attached hydrogen (secondary N) is 2. The van der Waals surface area contributed by atoms with Gasteiger partial charge in [0.05, 0.1) is 50.4 Å². The van der Waals surface area contributed by atoms with Crippen LogP contribution >= 0.6 is 11.6 Å². The van der Waals surface area contributed by atoms with E-state index in [9.17, 15) is 39.6 Å². The summed E-state index contributed by atoms with van der Waals surface area (Å²) < 4.78 is 161. The van der Waals surface area contributed by atoms with Crippen molar-refractivity contribution in [3.8, 4) is 16.8 Å². The molecule has 3 aromatic heterocycles. The summed E-state index contributed by atoms with van der Waals surface area (Å²) in [5, 5.41) is 10.3. The first-order valence-corrected chi connectivity index (χ1v) is 21.7. The summed E-state index contributed by atoms with van der Waals surface area (Å²) in [4.78, 5) is 33.9. The fraction of sp³-hybridized carbons (Fsp3) is 0.262. The molecule has 0 unspecified atom stereocenters. The number of nitrogens with zero attached hydrogens (tertiary/aromatic N) is 6. The smallest absolute Gasteiger partial charge is 0.293 e. The molecule has 0 spiro atoms. The first-order chi connectivity index (χ1) is 30.6. The summed E-state index contributed by atoms with van der Waals surface area (Å²) in [7, 11) is -2.60. The number of hydrogen-bond acceptors (Lipinski definition) is 7. The first-order valence-electron chi connectivity index (χ1n) is 19.4. The number of alkyl halides is 6. The molecular formula is C42H30ClF9N8O4S. The van der Waals surface area contributed by atoms with E-state index in [-0.39, 0.29) is 67.0 Å². The van der Waals surface area contributed by atoms with Gasteiger partial charge in [0.2, 0.25) is 15.9 Å². The Balaban J connectivity index is 1.27. The van der Waals surface area contributed by atoms with Crippen LogP contribution in [0.5, 0.6) is 0 Å². The number of amides is 1. The molecule has 4 aromatic carbocycles. The van der Waals surface area contributed by atoms with Crippen LogP contribution in [-0.4, -0.2) is 49.7 Å². The second kappa shape index (κ2) is 15.6. The van der Waals surface area contributed by atoms with Gasteiger partial charge in [-0.3, -0.25) is 28.2 Å². The highest BCUT2D eigenvalue weighted by atomic mass is 35.5. The topological polar surface area (TPSA) is 146 Å². The molecule has 0 aliphatic heterocycles. The Morgan fingerprint density at radius 2 is 1.69 bits per heavy atom. The lowest BCUT2D eigenvalue weighted by Crippen LogP contribution is -2.38. The first kappa shape index (κ1) is 43.8. The van der Waals surface area contributed by atoms with E-state index >= 15 is 18.0 Å². The molecule has 0 bridgehead atoms. The molecule has 2 aliphatic carbocycles. The number of carbonyl (C=O) groups is 1. The van der Waals surface area contributed by atoms with Crippen LogP contribution in [0.2, 0.25) is 5.02 Å². The predicted molar refractivity (Wildman–Crippen MR) is 218 cm³/mol. The SMILES string of the molecule is Cn1nc(NS(C)(=O)=O)c2c(Cl)ccc(-n3c([C@H](Cc4cc(F)cc(F)c4)NC(=O)Cn4nc(C(F)F)c5c4C(F)(F)[C@@H]4C[C@H]54)nc4cc(-c5cccc(C(F)F)c5F)ccc4c3=O)c21. The maximum atomic E-state index is 15.5. The molecule has 1 amide bonds. The third kappa shape index (κ3) is 7.64. The predicted octanol–water partition coefficient (Wildman–Crippen LogP) is 8.76. The van der Waals surface area contributed by atoms with Crippen molar-refractivity contribution in [3.05, 3.63) is 133 Å². The Hall–Kier alpha value is -6.42. The van der Waals surface area contributed by atoms with Crippen molar-refractivity contribution < 1.29 is 52.7 Å². The number of aryl methyl sites for hydroxylation is 1. The Morgan fingerprint density at radius 1 is 0.969 bits per heavy atom. The molecule has 1 fully saturated rings. The summed E-state index contributed by atoms with van der Waals surface area (Å²) in [6.45, 7) is -1.08. The van der Waals surface area contributed by atoms with Gasteiger partial charge in [0, 0.05) is 36.6 Å². The fourth-order valence-corrected chi connectivity index (χ4v) is 9.43. The standard InChI is InChI=1S/C42H30ClF9N8O4S/c1-58-35-29(9-8-26(43)32(35)39(56-58)57-65(2,63)64)60-40(54-27-13-18(6-7-22(27)41(60)62)21-4-3-5-23(33(21)46)37(47)48)28(12-17-10-19(44)14-20(45)11-17)53-30(61)16-59-36-31(34(55-59)38(49)50)24-15-25(24)42(36,51)52/h3-11,13-14,24-25,28,37-38H,12,15-16H2,1-2H3,(H,53,61)(H,56,57)/t24-,25+,28-/m0/s1. The molecule has 7 aromatic rings. The Morgan fingerprint density at radius 3 is 2.37 bits per heavy atom. The normalized spacial score (nSPS) is 17.0. The van der Waals surface area contributed by atoms with Crippen molar-refractivity contribution in [1.82, 2.24) is 34.4 Å². The van der Waals surface area contributed by atoms with E-state index < -0.39 is 111 Å². The third-order valence-electron chi connectivity index (χ3n) is 11.4. The summed E-state index contributed by atoms with van der Waals surface area (Å²) in [6, 6.07) is 10.3. The van der Waals surface area contributed by atoms with Gasteiger partial charge in [-0.1, -0.05) is 35.9 Å². The van der Waals surface area contributed by atoms with Crippen molar-refractivity contribution in [1.29, 1.82) is 0 Å². The number of aromatic nitrogens is 6. The number of rotatable bonds is 12. The molecule has 12 nitrogen and oxygen atoms in total. The summed E-state index contributed by atoms with van der Waals surface area (Å²) in [6.07, 6.45) is -6.25. The average Bonchev–Trinajstić information content (AvgIpc) is 3.75. The zero-order chi connectivity index (χ0) is 46.6. The van der Waals surface area contributed by atoms with Crippen molar-refractivity contribution in [2.24, 2.45) is 13.0 Å². The monoisotopic (exact) mass is 948 g/mol. The molecule has 9 rings (SSSR count). The third-order valence-corrected chi connectivity index (χ3v) is 12.3. The summed E-state index contributed by atoms with van der Waals surface area (Å²) in [5.74, 6) is -11.0. The van der Waals surface area contributed by atoms with Crippen LogP contribution in [0.4, 0.5) is 45.3 Å². The molecule has 2 aliphatic rings. The van der Waals surface area contributed by atoms with Crippen LogP contribution in [-0.2, 0) is 40.8 Å². The van der Waals surface area contributed by atoms with Crippen LogP contribution in [0, 0.1) is 23.4 Å². The maximum Gasteiger partial charge on any atom is 0.293 e. The van der Waals surface area contributed by atoms with Crippen LogP contribution in [0.15, 0.2) is 71.5 Å². The zero-order valence-electron chi connectivity index (χ0n) is 33.4. The number of halogens is 10. The highest BCUT2D eigenvalue weighted by Gasteiger charge is 2.67. The van der Waals surface area contributed by atoms with Gasteiger partial charge in [-0.05, 0) is 59.9 Å². The molecule has 0 radical (unpaired) electrons. The quantitative estimate of drug-likeness (QED) is 0.117. The van der Waals surface area contributed by atoms with Crippen molar-refractivity contribution in [2.75, 3.05) is 11.0 Å². The molecule has 2 N–H and O–H groups in total. The summed E-state index contributed by atoms with van der Waals surface area (Å²) >= 11 is 6.59. The lowest BCUT2D eigenvalue weighted by molar-refractivity contribution is -0.123.